The average Bonchev–Trinajstić information content (AvgIpc) is 3.12. The van der Waals surface area contributed by atoms with Crippen molar-refractivity contribution in [2.75, 3.05) is 13.2 Å². The maximum atomic E-state index is 13.3. The molecule has 2 aromatic carbocycles. The second-order valence-electron chi connectivity index (χ2n) is 8.01. The molecule has 7 heteroatoms. The average molecular weight is 456 g/mol. The van der Waals surface area contributed by atoms with Crippen LogP contribution in [0.4, 0.5) is 4.39 Å². The molecule has 0 saturated carbocycles. The van der Waals surface area contributed by atoms with E-state index in [9.17, 15) is 19.1 Å². The minimum absolute atomic E-state index is 0.0935. The Bertz CT molecular complexity index is 1110. The molecule has 0 aliphatic carbocycles. The van der Waals surface area contributed by atoms with Gasteiger partial charge in [-0.25, -0.2) is 9.18 Å². The van der Waals surface area contributed by atoms with Crippen molar-refractivity contribution in [2.45, 2.75) is 31.4 Å². The van der Waals surface area contributed by atoms with E-state index in [4.69, 9.17) is 10.5 Å². The van der Waals surface area contributed by atoms with E-state index < -0.39 is 22.8 Å². The number of thiol groups is 1. The Labute approximate surface area is 189 Å². The maximum absolute atomic E-state index is 13.3. The number of carbonyl (C=O) groups excluding carboxylic acids is 1. The van der Waals surface area contributed by atoms with Gasteiger partial charge in [0.25, 0.3) is 0 Å². The summed E-state index contributed by atoms with van der Waals surface area (Å²) in [5, 5.41) is 9.31. The third-order valence-corrected chi connectivity index (χ3v) is 9.26. The van der Waals surface area contributed by atoms with E-state index in [0.29, 0.717) is 31.6 Å². The summed E-state index contributed by atoms with van der Waals surface area (Å²) in [4.78, 5) is 26.1. The van der Waals surface area contributed by atoms with Crippen LogP contribution in [0.1, 0.15) is 46.5 Å². The topological polar surface area (TPSA) is 89.6 Å². The van der Waals surface area contributed by atoms with Crippen molar-refractivity contribution >= 4 is 22.8 Å². The summed E-state index contributed by atoms with van der Waals surface area (Å²) < 4.78 is 19.0. The lowest BCUT2D eigenvalue weighted by molar-refractivity contribution is -0.114. The number of carbonyl (C=O) groups is 2. The summed E-state index contributed by atoms with van der Waals surface area (Å²) in [6.07, 6.45) is 2.09. The highest BCUT2D eigenvalue weighted by molar-refractivity contribution is 8.24. The normalized spacial score (nSPS) is 20.2. The van der Waals surface area contributed by atoms with Crippen LogP contribution in [0.15, 0.2) is 69.5 Å². The van der Waals surface area contributed by atoms with Gasteiger partial charge in [-0.15, -0.1) is 0 Å². The van der Waals surface area contributed by atoms with Crippen LogP contribution in [0, 0.1) is 5.82 Å². The Hall–Kier alpha value is -2.90. The highest BCUT2D eigenvalue weighted by Crippen LogP contribution is 2.64. The summed E-state index contributed by atoms with van der Waals surface area (Å²) in [6, 6.07) is 13.4. The van der Waals surface area contributed by atoms with E-state index in [0.717, 1.165) is 28.0 Å². The maximum Gasteiger partial charge on any atom is 0.335 e. The molecule has 2 aliphatic heterocycles. The smallest absolute Gasteiger partial charge is 0.335 e. The first-order valence-corrected chi connectivity index (χ1v) is 12.0. The molecule has 2 heterocycles. The number of aromatic carboxylic acids is 1. The van der Waals surface area contributed by atoms with Gasteiger partial charge in [-0.3, -0.25) is 4.79 Å². The Morgan fingerprint density at radius 2 is 1.81 bits per heavy atom. The number of primary amides is 1. The van der Waals surface area contributed by atoms with Gasteiger partial charge in [0, 0.05) is 11.7 Å². The number of ether oxygens (including phenoxy) is 1. The lowest BCUT2D eigenvalue weighted by Gasteiger charge is -2.32. The highest BCUT2D eigenvalue weighted by Gasteiger charge is 2.37. The Kier molecular flexibility index (Phi) is 6.48. The molecule has 0 fully saturated rings. The zero-order valence-electron chi connectivity index (χ0n) is 17.8. The quantitative estimate of drug-likeness (QED) is 0.531. The van der Waals surface area contributed by atoms with Gasteiger partial charge in [0.15, 0.2) is 0 Å². The number of allylic oxidation sites excluding steroid dienone is 1. The van der Waals surface area contributed by atoms with Crippen LogP contribution < -0.4 is 5.73 Å². The van der Waals surface area contributed by atoms with Gasteiger partial charge >= 0.3 is 5.97 Å². The predicted octanol–water partition coefficient (Wildman–Crippen LogP) is 4.65. The van der Waals surface area contributed by atoms with Crippen LogP contribution in [0.2, 0.25) is 0 Å². The number of carboxylic acids is 1. The third kappa shape index (κ3) is 4.36. The molecule has 0 bridgehead atoms. The molecular formula is C25H26FNO4S. The largest absolute Gasteiger partial charge is 0.478 e. The number of hydrogen-bond donors (Lipinski definition) is 3. The van der Waals surface area contributed by atoms with E-state index in [1.165, 1.54) is 17.0 Å². The van der Waals surface area contributed by atoms with Crippen molar-refractivity contribution in [3.8, 4) is 0 Å². The van der Waals surface area contributed by atoms with E-state index >= 15 is 0 Å². The molecule has 4 rings (SSSR count). The Morgan fingerprint density at radius 1 is 1.12 bits per heavy atom. The fourth-order valence-electron chi connectivity index (χ4n) is 4.49. The van der Waals surface area contributed by atoms with E-state index in [1.54, 1.807) is 24.3 Å². The Balaban J connectivity index is 1.70. The molecule has 1 unspecified atom stereocenters. The SMILES string of the molecule is C[C@@H](c1ccc(C(=O)O)cc1)[SH]1C2=C(COCC2)C(C(N)=O)=C1CCc1ccc(F)cc1. The van der Waals surface area contributed by atoms with Gasteiger partial charge < -0.3 is 15.6 Å². The molecule has 0 radical (unpaired) electrons. The van der Waals surface area contributed by atoms with Gasteiger partial charge in [-0.2, -0.15) is 10.9 Å². The summed E-state index contributed by atoms with van der Waals surface area (Å²) >= 11 is 0. The van der Waals surface area contributed by atoms with Crippen LogP contribution >= 0.6 is 10.9 Å². The number of halogens is 1. The minimum Gasteiger partial charge on any atom is -0.478 e. The van der Waals surface area contributed by atoms with Crippen LogP contribution in [0.25, 0.3) is 0 Å². The Morgan fingerprint density at radius 3 is 2.44 bits per heavy atom. The fourth-order valence-corrected chi connectivity index (χ4v) is 7.86. The first kappa shape index (κ1) is 22.3. The van der Waals surface area contributed by atoms with Gasteiger partial charge in [-0.05, 0) is 63.6 Å². The molecule has 2 aromatic rings. The van der Waals surface area contributed by atoms with Crippen molar-refractivity contribution in [3.05, 3.63) is 92.0 Å². The van der Waals surface area contributed by atoms with Crippen molar-refractivity contribution in [3.63, 3.8) is 0 Å². The number of aryl methyl sites for hydroxylation is 1. The second kappa shape index (κ2) is 9.30. The standard InChI is InChI=1S/C25H26FNO4S/c1-15(17-5-7-18(8-6-17)25(29)30)32-21-12-13-31-14-20(21)23(24(27)28)22(32)11-4-16-2-9-19(26)10-3-16/h2-3,5-10,15,32H,4,11-14H2,1H3,(H2,27,28)(H,29,30)/t15-/m0/s1. The number of benzene rings is 2. The number of hydrogen-bond acceptors (Lipinski definition) is 3. The lowest BCUT2D eigenvalue weighted by atomic mass is 10.0. The zero-order valence-corrected chi connectivity index (χ0v) is 18.7. The molecule has 3 N–H and O–H groups in total. The van der Waals surface area contributed by atoms with Crippen LogP contribution in [0.5, 0.6) is 0 Å². The first-order chi connectivity index (χ1) is 15.4. The molecule has 0 saturated heterocycles. The van der Waals surface area contributed by atoms with Crippen molar-refractivity contribution in [1.29, 1.82) is 0 Å². The summed E-state index contributed by atoms with van der Waals surface area (Å²) in [7, 11) is -0.846. The third-order valence-electron chi connectivity index (χ3n) is 6.09. The molecule has 0 aromatic heterocycles. The summed E-state index contributed by atoms with van der Waals surface area (Å²) in [5.41, 5.74) is 9.65. The molecule has 5 nitrogen and oxygen atoms in total. The molecule has 32 heavy (non-hydrogen) atoms. The van der Waals surface area contributed by atoms with E-state index in [1.807, 2.05) is 12.1 Å². The molecule has 2 atom stereocenters. The van der Waals surface area contributed by atoms with Gasteiger partial charge in [0.2, 0.25) is 5.91 Å². The number of carboxylic acid groups (broad SMARTS) is 1. The lowest BCUT2D eigenvalue weighted by Crippen LogP contribution is -2.19. The number of amides is 1. The molecule has 2 aliphatic rings. The number of rotatable bonds is 7. The second-order valence-corrected chi connectivity index (χ2v) is 10.6. The number of nitrogens with two attached hydrogens (primary N) is 1. The minimum atomic E-state index is -0.957. The fraction of sp³-hybridized carbons (Fsp3) is 0.280. The molecule has 1 amide bonds. The van der Waals surface area contributed by atoms with Gasteiger partial charge in [-0.1, -0.05) is 31.2 Å². The predicted molar refractivity (Wildman–Crippen MR) is 124 cm³/mol. The molecular weight excluding hydrogens is 429 g/mol. The van der Waals surface area contributed by atoms with E-state index in [-0.39, 0.29) is 16.6 Å². The summed E-state index contributed by atoms with van der Waals surface area (Å²) in [6.45, 7) is 3.13. The van der Waals surface area contributed by atoms with Crippen molar-refractivity contribution < 1.29 is 23.8 Å². The van der Waals surface area contributed by atoms with Gasteiger partial charge in [0.05, 0.1) is 24.4 Å². The van der Waals surface area contributed by atoms with Crippen molar-refractivity contribution in [2.24, 2.45) is 5.73 Å². The molecule has 0 spiro atoms. The zero-order chi connectivity index (χ0) is 22.8. The summed E-state index contributed by atoms with van der Waals surface area (Å²) in [5.74, 6) is -1.67. The monoisotopic (exact) mass is 455 g/mol. The van der Waals surface area contributed by atoms with Gasteiger partial charge in [0.1, 0.15) is 5.82 Å². The van der Waals surface area contributed by atoms with Crippen LogP contribution in [0.3, 0.4) is 0 Å². The van der Waals surface area contributed by atoms with Crippen LogP contribution in [-0.2, 0) is 16.0 Å². The van der Waals surface area contributed by atoms with Crippen LogP contribution in [-0.4, -0.2) is 30.2 Å². The van der Waals surface area contributed by atoms with Crippen molar-refractivity contribution in [1.82, 2.24) is 0 Å². The van der Waals surface area contributed by atoms with E-state index in [2.05, 4.69) is 6.92 Å². The first-order valence-electron chi connectivity index (χ1n) is 10.6. The molecule has 168 valence electrons. The highest BCUT2D eigenvalue weighted by atomic mass is 32.2.